The van der Waals surface area contributed by atoms with E-state index in [2.05, 4.69) is 10.6 Å². The van der Waals surface area contributed by atoms with Gasteiger partial charge in [-0.1, -0.05) is 13.8 Å². The van der Waals surface area contributed by atoms with Crippen LogP contribution in [0.3, 0.4) is 0 Å². The predicted molar refractivity (Wildman–Crippen MR) is 75.1 cm³/mol. The van der Waals surface area contributed by atoms with E-state index in [4.69, 9.17) is 9.47 Å². The lowest BCUT2D eigenvalue weighted by molar-refractivity contribution is -0.120. The molecule has 0 radical (unpaired) electrons. The number of hydrogen-bond donors (Lipinski definition) is 2. The van der Waals surface area contributed by atoms with Crippen LogP contribution in [0.15, 0.2) is 12.1 Å². The van der Waals surface area contributed by atoms with Gasteiger partial charge in [-0.25, -0.2) is 0 Å². The van der Waals surface area contributed by atoms with Gasteiger partial charge in [-0.2, -0.15) is 0 Å². The summed E-state index contributed by atoms with van der Waals surface area (Å²) in [6, 6.07) is 3.63. The van der Waals surface area contributed by atoms with Crippen molar-refractivity contribution in [2.75, 3.05) is 24.9 Å². The molecule has 5 heteroatoms. The minimum atomic E-state index is -0.549. The second-order valence-electron chi connectivity index (χ2n) is 4.62. The molecule has 0 unspecified atom stereocenters. The van der Waals surface area contributed by atoms with Crippen LogP contribution in [0, 0.1) is 0 Å². The van der Waals surface area contributed by atoms with E-state index in [0.717, 1.165) is 24.2 Å². The zero-order valence-electron chi connectivity index (χ0n) is 11.8. The fourth-order valence-corrected chi connectivity index (χ4v) is 2.39. The van der Waals surface area contributed by atoms with Gasteiger partial charge in [0.25, 0.3) is 0 Å². The van der Waals surface area contributed by atoms with Crippen molar-refractivity contribution >= 4 is 17.3 Å². The van der Waals surface area contributed by atoms with Crippen LogP contribution in [-0.4, -0.2) is 25.7 Å². The highest BCUT2D eigenvalue weighted by Crippen LogP contribution is 2.41. The third-order valence-electron chi connectivity index (χ3n) is 3.79. The van der Waals surface area contributed by atoms with Crippen LogP contribution in [0.25, 0.3) is 0 Å². The first-order valence-corrected chi connectivity index (χ1v) is 6.45. The summed E-state index contributed by atoms with van der Waals surface area (Å²) in [5, 5.41) is 6.28. The summed E-state index contributed by atoms with van der Waals surface area (Å²) in [4.78, 5) is 12.2. The van der Waals surface area contributed by atoms with Crippen molar-refractivity contribution in [3.8, 4) is 11.5 Å². The van der Waals surface area contributed by atoms with E-state index in [-0.39, 0.29) is 5.91 Å². The van der Waals surface area contributed by atoms with Crippen LogP contribution < -0.4 is 20.1 Å². The third-order valence-corrected chi connectivity index (χ3v) is 3.79. The average molecular weight is 264 g/mol. The molecule has 104 valence electrons. The van der Waals surface area contributed by atoms with Gasteiger partial charge in [0.2, 0.25) is 5.91 Å². The van der Waals surface area contributed by atoms with E-state index in [0.29, 0.717) is 11.5 Å². The summed E-state index contributed by atoms with van der Waals surface area (Å²) in [5.41, 5.74) is 1.04. The Morgan fingerprint density at radius 1 is 1.05 bits per heavy atom. The third kappa shape index (κ3) is 2.09. The van der Waals surface area contributed by atoms with E-state index in [9.17, 15) is 4.79 Å². The monoisotopic (exact) mass is 264 g/mol. The molecular formula is C14H20N2O3. The highest BCUT2D eigenvalue weighted by molar-refractivity contribution is 6.06. The Balaban J connectivity index is 2.47. The maximum Gasteiger partial charge on any atom is 0.250 e. The van der Waals surface area contributed by atoms with Crippen LogP contribution in [0.4, 0.5) is 11.4 Å². The topological polar surface area (TPSA) is 59.6 Å². The van der Waals surface area contributed by atoms with Gasteiger partial charge in [0.1, 0.15) is 5.54 Å². The number of anilines is 2. The first-order chi connectivity index (χ1) is 9.10. The van der Waals surface area contributed by atoms with Crippen molar-refractivity contribution < 1.29 is 14.3 Å². The molecule has 0 spiro atoms. The molecule has 1 aromatic carbocycles. The maximum absolute atomic E-state index is 12.2. The fourth-order valence-electron chi connectivity index (χ4n) is 2.39. The number of ether oxygens (including phenoxy) is 2. The van der Waals surface area contributed by atoms with Crippen molar-refractivity contribution in [1.29, 1.82) is 0 Å². The molecule has 5 nitrogen and oxygen atoms in total. The molecule has 0 saturated carbocycles. The van der Waals surface area contributed by atoms with Crippen molar-refractivity contribution in [2.45, 2.75) is 32.2 Å². The molecule has 19 heavy (non-hydrogen) atoms. The first kappa shape index (κ1) is 13.5. The Morgan fingerprint density at radius 3 is 2.05 bits per heavy atom. The predicted octanol–water partition coefficient (Wildman–Crippen LogP) is 2.63. The zero-order valence-corrected chi connectivity index (χ0v) is 11.8. The molecule has 0 bridgehead atoms. The summed E-state index contributed by atoms with van der Waals surface area (Å²) in [6.45, 7) is 4.00. The molecule has 0 aliphatic carbocycles. The lowest BCUT2D eigenvalue weighted by Gasteiger charge is -2.37. The summed E-state index contributed by atoms with van der Waals surface area (Å²) < 4.78 is 10.5. The Hall–Kier alpha value is -1.91. The minimum Gasteiger partial charge on any atom is -0.493 e. The van der Waals surface area contributed by atoms with Crippen molar-refractivity contribution in [1.82, 2.24) is 0 Å². The summed E-state index contributed by atoms with van der Waals surface area (Å²) in [5.74, 6) is 1.24. The number of carbonyl (C=O) groups is 1. The molecular weight excluding hydrogens is 244 g/mol. The van der Waals surface area contributed by atoms with Gasteiger partial charge >= 0.3 is 0 Å². The van der Waals surface area contributed by atoms with Gasteiger partial charge in [0.15, 0.2) is 11.5 Å². The molecule has 0 atom stereocenters. The summed E-state index contributed by atoms with van der Waals surface area (Å²) >= 11 is 0. The summed E-state index contributed by atoms with van der Waals surface area (Å²) in [7, 11) is 3.17. The Kier molecular flexibility index (Phi) is 3.55. The highest BCUT2D eigenvalue weighted by atomic mass is 16.5. The Labute approximate surface area is 113 Å². The van der Waals surface area contributed by atoms with E-state index >= 15 is 0 Å². The second-order valence-corrected chi connectivity index (χ2v) is 4.62. The molecule has 1 heterocycles. The Bertz CT molecular complexity index is 496. The first-order valence-electron chi connectivity index (χ1n) is 6.45. The number of benzene rings is 1. The molecule has 0 saturated heterocycles. The summed E-state index contributed by atoms with van der Waals surface area (Å²) in [6.07, 6.45) is 1.45. The zero-order chi connectivity index (χ0) is 14.0. The van der Waals surface area contributed by atoms with Crippen LogP contribution in [0.5, 0.6) is 11.5 Å². The SMILES string of the molecule is CCC1(CC)Nc2cc(OC)c(OC)cc2NC1=O. The molecule has 0 fully saturated rings. The van der Waals surface area contributed by atoms with Crippen LogP contribution in [0.2, 0.25) is 0 Å². The molecule has 2 rings (SSSR count). The number of fused-ring (bicyclic) bond motifs is 1. The van der Waals surface area contributed by atoms with E-state index in [1.807, 2.05) is 19.9 Å². The van der Waals surface area contributed by atoms with Crippen LogP contribution >= 0.6 is 0 Å². The fraction of sp³-hybridized carbons (Fsp3) is 0.500. The van der Waals surface area contributed by atoms with Crippen LogP contribution in [-0.2, 0) is 4.79 Å². The lowest BCUT2D eigenvalue weighted by Crippen LogP contribution is -2.51. The molecule has 1 amide bonds. The van der Waals surface area contributed by atoms with Gasteiger partial charge in [0, 0.05) is 12.1 Å². The van der Waals surface area contributed by atoms with Gasteiger partial charge in [-0.05, 0) is 12.8 Å². The second kappa shape index (κ2) is 4.99. The van der Waals surface area contributed by atoms with Gasteiger partial charge < -0.3 is 20.1 Å². The van der Waals surface area contributed by atoms with Crippen molar-refractivity contribution in [3.63, 3.8) is 0 Å². The van der Waals surface area contributed by atoms with Crippen molar-refractivity contribution in [2.24, 2.45) is 0 Å². The van der Waals surface area contributed by atoms with E-state index in [1.54, 1.807) is 20.3 Å². The number of nitrogens with one attached hydrogen (secondary N) is 2. The standard InChI is InChI=1S/C14H20N2O3/c1-5-14(6-2)13(17)15-9-7-11(18-3)12(19-4)8-10(9)16-14/h7-8,16H,5-6H2,1-4H3,(H,15,17). The van der Waals surface area contributed by atoms with Gasteiger partial charge in [-0.15, -0.1) is 0 Å². The van der Waals surface area contributed by atoms with Gasteiger partial charge in [-0.3, -0.25) is 4.79 Å². The number of hydrogen-bond acceptors (Lipinski definition) is 4. The normalized spacial score (nSPS) is 16.1. The lowest BCUT2D eigenvalue weighted by atomic mass is 9.89. The average Bonchev–Trinajstić information content (AvgIpc) is 2.45. The largest absolute Gasteiger partial charge is 0.493 e. The molecule has 1 aromatic rings. The van der Waals surface area contributed by atoms with Gasteiger partial charge in [0.05, 0.1) is 25.6 Å². The quantitative estimate of drug-likeness (QED) is 0.877. The number of carbonyl (C=O) groups excluding carboxylic acids is 1. The molecule has 2 N–H and O–H groups in total. The van der Waals surface area contributed by atoms with E-state index < -0.39 is 5.54 Å². The van der Waals surface area contributed by atoms with Crippen molar-refractivity contribution in [3.05, 3.63) is 12.1 Å². The maximum atomic E-state index is 12.2. The molecule has 0 aromatic heterocycles. The molecule has 1 aliphatic heterocycles. The molecule has 1 aliphatic rings. The number of rotatable bonds is 4. The van der Waals surface area contributed by atoms with E-state index in [1.165, 1.54) is 0 Å². The van der Waals surface area contributed by atoms with Crippen LogP contribution in [0.1, 0.15) is 26.7 Å². The number of amides is 1. The minimum absolute atomic E-state index is 0.00257. The smallest absolute Gasteiger partial charge is 0.250 e. The highest BCUT2D eigenvalue weighted by Gasteiger charge is 2.39. The Morgan fingerprint density at radius 2 is 1.58 bits per heavy atom. The number of methoxy groups -OCH3 is 2.